The first-order chi connectivity index (χ1) is 8.29. The standard InChI is InChI=1S/C13H24N2OS/c1-17-9-3-2-4-13(16)15-8-7-11-5-6-12(10-15)14-11/h11-12,14H,2-10H2,1H3. The van der Waals surface area contributed by atoms with Gasteiger partial charge in [0, 0.05) is 31.6 Å². The maximum Gasteiger partial charge on any atom is 0.222 e. The second-order valence-electron chi connectivity index (χ2n) is 5.22. The molecule has 0 aromatic heterocycles. The van der Waals surface area contributed by atoms with Gasteiger partial charge in [0.05, 0.1) is 0 Å². The summed E-state index contributed by atoms with van der Waals surface area (Å²) in [5.41, 5.74) is 0. The molecular weight excluding hydrogens is 232 g/mol. The summed E-state index contributed by atoms with van der Waals surface area (Å²) in [7, 11) is 0. The van der Waals surface area contributed by atoms with E-state index in [1.54, 1.807) is 0 Å². The van der Waals surface area contributed by atoms with E-state index in [2.05, 4.69) is 16.5 Å². The predicted octanol–water partition coefficient (Wildman–Crippen LogP) is 1.87. The SMILES string of the molecule is CSCCCCC(=O)N1CCC2CCC(C1)N2. The minimum Gasteiger partial charge on any atom is -0.341 e. The van der Waals surface area contributed by atoms with Gasteiger partial charge in [-0.05, 0) is 44.1 Å². The van der Waals surface area contributed by atoms with E-state index in [1.165, 1.54) is 25.0 Å². The number of rotatable bonds is 5. The molecule has 0 aromatic carbocycles. The lowest BCUT2D eigenvalue weighted by Gasteiger charge is -2.24. The van der Waals surface area contributed by atoms with Crippen molar-refractivity contribution in [1.29, 1.82) is 0 Å². The fraction of sp³-hybridized carbons (Fsp3) is 0.923. The Morgan fingerprint density at radius 1 is 1.29 bits per heavy atom. The summed E-state index contributed by atoms with van der Waals surface area (Å²) in [6.45, 7) is 1.91. The van der Waals surface area contributed by atoms with Crippen LogP contribution in [0.15, 0.2) is 0 Å². The molecule has 2 heterocycles. The van der Waals surface area contributed by atoms with Crippen molar-refractivity contribution in [3.63, 3.8) is 0 Å². The van der Waals surface area contributed by atoms with E-state index in [0.29, 0.717) is 18.0 Å². The van der Waals surface area contributed by atoms with Crippen LogP contribution in [-0.4, -0.2) is 48.0 Å². The van der Waals surface area contributed by atoms with Crippen molar-refractivity contribution in [2.24, 2.45) is 0 Å². The van der Waals surface area contributed by atoms with Gasteiger partial charge in [-0.2, -0.15) is 11.8 Å². The molecule has 2 atom stereocenters. The van der Waals surface area contributed by atoms with Crippen LogP contribution in [0.25, 0.3) is 0 Å². The second kappa shape index (κ2) is 6.64. The molecule has 2 aliphatic heterocycles. The number of likely N-dealkylation sites (tertiary alicyclic amines) is 1. The van der Waals surface area contributed by atoms with Crippen LogP contribution in [0.5, 0.6) is 0 Å². The quantitative estimate of drug-likeness (QED) is 0.762. The van der Waals surface area contributed by atoms with Crippen molar-refractivity contribution in [2.75, 3.05) is 25.1 Å². The van der Waals surface area contributed by atoms with Gasteiger partial charge in [-0.3, -0.25) is 4.79 Å². The average Bonchev–Trinajstić information content (AvgIpc) is 2.64. The number of amides is 1. The molecule has 4 heteroatoms. The lowest BCUT2D eigenvalue weighted by molar-refractivity contribution is -0.131. The number of thioether (sulfide) groups is 1. The predicted molar refractivity (Wildman–Crippen MR) is 73.4 cm³/mol. The van der Waals surface area contributed by atoms with Crippen molar-refractivity contribution in [1.82, 2.24) is 10.2 Å². The van der Waals surface area contributed by atoms with E-state index in [4.69, 9.17) is 0 Å². The molecule has 1 amide bonds. The Balaban J connectivity index is 1.71. The van der Waals surface area contributed by atoms with Crippen LogP contribution in [0, 0.1) is 0 Å². The zero-order chi connectivity index (χ0) is 12.1. The fourth-order valence-electron chi connectivity index (χ4n) is 2.85. The monoisotopic (exact) mass is 256 g/mol. The summed E-state index contributed by atoms with van der Waals surface area (Å²) < 4.78 is 0. The summed E-state index contributed by atoms with van der Waals surface area (Å²) in [4.78, 5) is 14.2. The van der Waals surface area contributed by atoms with E-state index < -0.39 is 0 Å². The number of hydrogen-bond acceptors (Lipinski definition) is 3. The second-order valence-corrected chi connectivity index (χ2v) is 6.20. The van der Waals surface area contributed by atoms with Gasteiger partial charge in [0.2, 0.25) is 5.91 Å². The molecule has 2 fully saturated rings. The Bertz CT molecular complexity index is 260. The number of nitrogens with zero attached hydrogens (tertiary/aromatic N) is 1. The molecule has 0 saturated carbocycles. The molecule has 2 unspecified atom stereocenters. The van der Waals surface area contributed by atoms with Crippen molar-refractivity contribution < 1.29 is 4.79 Å². The Morgan fingerprint density at radius 3 is 2.94 bits per heavy atom. The summed E-state index contributed by atoms with van der Waals surface area (Å²) >= 11 is 1.87. The van der Waals surface area contributed by atoms with E-state index >= 15 is 0 Å². The first kappa shape index (κ1) is 13.2. The van der Waals surface area contributed by atoms with Gasteiger partial charge in [-0.15, -0.1) is 0 Å². The lowest BCUT2D eigenvalue weighted by atomic mass is 10.1. The number of fused-ring (bicyclic) bond motifs is 2. The van der Waals surface area contributed by atoms with Gasteiger partial charge >= 0.3 is 0 Å². The average molecular weight is 256 g/mol. The molecule has 1 N–H and O–H groups in total. The lowest BCUT2D eigenvalue weighted by Crippen LogP contribution is -2.38. The van der Waals surface area contributed by atoms with E-state index in [0.717, 1.165) is 32.4 Å². The summed E-state index contributed by atoms with van der Waals surface area (Å²) in [5, 5.41) is 3.62. The normalized spacial score (nSPS) is 28.2. The first-order valence-electron chi connectivity index (χ1n) is 6.82. The molecule has 0 spiro atoms. The minimum atomic E-state index is 0.375. The molecular formula is C13H24N2OS. The molecule has 2 saturated heterocycles. The van der Waals surface area contributed by atoms with Crippen molar-refractivity contribution in [3.8, 4) is 0 Å². The third-order valence-corrected chi connectivity index (χ3v) is 4.56. The Labute approximate surface area is 109 Å². The van der Waals surface area contributed by atoms with Gasteiger partial charge in [-0.1, -0.05) is 0 Å². The summed E-state index contributed by atoms with van der Waals surface area (Å²) in [6, 6.07) is 1.24. The number of carbonyl (C=O) groups is 1. The number of unbranched alkanes of at least 4 members (excludes halogenated alkanes) is 1. The summed E-state index contributed by atoms with van der Waals surface area (Å²) in [5.74, 6) is 1.56. The largest absolute Gasteiger partial charge is 0.341 e. The van der Waals surface area contributed by atoms with Crippen LogP contribution >= 0.6 is 11.8 Å². The third-order valence-electron chi connectivity index (χ3n) is 3.87. The number of nitrogens with one attached hydrogen (secondary N) is 1. The maximum atomic E-state index is 12.1. The van der Waals surface area contributed by atoms with Gasteiger partial charge in [0.15, 0.2) is 0 Å². The summed E-state index contributed by atoms with van der Waals surface area (Å²) in [6.07, 6.45) is 8.80. The molecule has 0 radical (unpaired) electrons. The highest BCUT2D eigenvalue weighted by Gasteiger charge is 2.30. The van der Waals surface area contributed by atoms with Gasteiger partial charge in [0.25, 0.3) is 0 Å². The molecule has 0 aliphatic carbocycles. The highest BCUT2D eigenvalue weighted by atomic mass is 32.2. The van der Waals surface area contributed by atoms with Gasteiger partial charge in [-0.25, -0.2) is 0 Å². The third kappa shape index (κ3) is 3.88. The Kier molecular flexibility index (Phi) is 5.16. The molecule has 2 aliphatic rings. The molecule has 3 nitrogen and oxygen atoms in total. The van der Waals surface area contributed by atoms with Crippen LogP contribution in [0.4, 0.5) is 0 Å². The van der Waals surface area contributed by atoms with Crippen molar-refractivity contribution in [2.45, 2.75) is 50.6 Å². The Morgan fingerprint density at radius 2 is 2.12 bits per heavy atom. The minimum absolute atomic E-state index is 0.375. The fourth-order valence-corrected chi connectivity index (χ4v) is 3.34. The van der Waals surface area contributed by atoms with Crippen LogP contribution in [0.1, 0.15) is 38.5 Å². The van der Waals surface area contributed by atoms with E-state index in [9.17, 15) is 4.79 Å². The van der Waals surface area contributed by atoms with Crippen LogP contribution in [-0.2, 0) is 4.79 Å². The van der Waals surface area contributed by atoms with Gasteiger partial charge < -0.3 is 10.2 Å². The molecule has 98 valence electrons. The zero-order valence-electron chi connectivity index (χ0n) is 10.8. The highest BCUT2D eigenvalue weighted by molar-refractivity contribution is 7.98. The van der Waals surface area contributed by atoms with Crippen molar-refractivity contribution >= 4 is 17.7 Å². The van der Waals surface area contributed by atoms with Gasteiger partial charge in [0.1, 0.15) is 0 Å². The first-order valence-corrected chi connectivity index (χ1v) is 8.21. The van der Waals surface area contributed by atoms with Crippen molar-refractivity contribution in [3.05, 3.63) is 0 Å². The maximum absolute atomic E-state index is 12.1. The molecule has 2 bridgehead atoms. The van der Waals surface area contributed by atoms with Crippen LogP contribution in [0.3, 0.4) is 0 Å². The highest BCUT2D eigenvalue weighted by Crippen LogP contribution is 2.21. The van der Waals surface area contributed by atoms with Crippen LogP contribution < -0.4 is 5.32 Å². The van der Waals surface area contributed by atoms with E-state index in [-0.39, 0.29) is 0 Å². The topological polar surface area (TPSA) is 32.3 Å². The molecule has 2 rings (SSSR count). The number of hydrogen-bond donors (Lipinski definition) is 1. The molecule has 17 heavy (non-hydrogen) atoms. The van der Waals surface area contributed by atoms with E-state index in [1.807, 2.05) is 11.8 Å². The van der Waals surface area contributed by atoms with Crippen LogP contribution in [0.2, 0.25) is 0 Å². The Hall–Kier alpha value is -0.220. The number of carbonyl (C=O) groups excluding carboxylic acids is 1. The zero-order valence-corrected chi connectivity index (χ0v) is 11.6. The smallest absolute Gasteiger partial charge is 0.222 e. The molecule has 0 aromatic rings.